The summed E-state index contributed by atoms with van der Waals surface area (Å²) in [5, 5.41) is 4.09. The lowest BCUT2D eigenvalue weighted by atomic mass is 10.1. The zero-order chi connectivity index (χ0) is 19.9. The molecule has 0 aliphatic heterocycles. The summed E-state index contributed by atoms with van der Waals surface area (Å²) >= 11 is 0. The summed E-state index contributed by atoms with van der Waals surface area (Å²) in [6.45, 7) is 3.47. The van der Waals surface area contributed by atoms with Crippen LogP contribution in [0, 0.1) is 12.8 Å². The van der Waals surface area contributed by atoms with Gasteiger partial charge in [-0.05, 0) is 50.8 Å². The van der Waals surface area contributed by atoms with Crippen LogP contribution in [0.4, 0.5) is 13.2 Å². The Kier molecular flexibility index (Phi) is 4.84. The SMILES string of the molecule is Cc1cc(=O)c(C(=O)N(C)[C@H](C)C2CC2)nn1-c1cccc(C(F)(F)F)c1. The van der Waals surface area contributed by atoms with E-state index in [-0.39, 0.29) is 17.4 Å². The molecule has 1 aromatic carbocycles. The second-order valence-electron chi connectivity index (χ2n) is 6.95. The summed E-state index contributed by atoms with van der Waals surface area (Å²) in [6.07, 6.45) is -2.43. The molecule has 1 fully saturated rings. The van der Waals surface area contributed by atoms with Crippen LogP contribution in [0.15, 0.2) is 35.1 Å². The molecule has 1 heterocycles. The number of nitrogens with zero attached hydrogens (tertiary/aromatic N) is 3. The van der Waals surface area contributed by atoms with Gasteiger partial charge in [0.25, 0.3) is 5.91 Å². The van der Waals surface area contributed by atoms with Crippen LogP contribution in [0.1, 0.15) is 41.5 Å². The van der Waals surface area contributed by atoms with Crippen LogP contribution >= 0.6 is 0 Å². The molecule has 1 saturated carbocycles. The van der Waals surface area contributed by atoms with Gasteiger partial charge in [0.2, 0.25) is 5.43 Å². The van der Waals surface area contributed by atoms with Gasteiger partial charge in [-0.1, -0.05) is 6.07 Å². The molecule has 5 nitrogen and oxygen atoms in total. The fourth-order valence-electron chi connectivity index (χ4n) is 3.02. The standard InChI is InChI=1S/C19H20F3N3O2/c1-11-9-16(26)17(18(27)24(3)12(2)13-7-8-13)23-25(11)15-6-4-5-14(10-15)19(20,21)22/h4-6,9-10,12-13H,7-8H2,1-3H3/t12-/m1/s1. The van der Waals surface area contributed by atoms with Gasteiger partial charge < -0.3 is 4.90 Å². The molecule has 2 aromatic rings. The third kappa shape index (κ3) is 3.89. The maximum absolute atomic E-state index is 13.0. The van der Waals surface area contributed by atoms with Gasteiger partial charge in [0.15, 0.2) is 5.69 Å². The van der Waals surface area contributed by atoms with Gasteiger partial charge in [-0.2, -0.15) is 18.3 Å². The quantitative estimate of drug-likeness (QED) is 0.818. The van der Waals surface area contributed by atoms with Crippen LogP contribution in [0.25, 0.3) is 5.69 Å². The maximum atomic E-state index is 13.0. The molecule has 0 unspecified atom stereocenters. The number of alkyl halides is 3. The van der Waals surface area contributed by atoms with Gasteiger partial charge in [-0.25, -0.2) is 4.68 Å². The van der Waals surface area contributed by atoms with Gasteiger partial charge in [-0.15, -0.1) is 0 Å². The van der Waals surface area contributed by atoms with Gasteiger partial charge in [0.1, 0.15) is 0 Å². The number of aromatic nitrogens is 2. The first-order valence-electron chi connectivity index (χ1n) is 8.65. The number of carbonyl (C=O) groups is 1. The zero-order valence-corrected chi connectivity index (χ0v) is 15.2. The molecule has 1 aliphatic rings. The third-order valence-corrected chi connectivity index (χ3v) is 4.96. The van der Waals surface area contributed by atoms with Crippen LogP contribution in [-0.2, 0) is 6.18 Å². The number of aryl methyl sites for hydroxylation is 1. The summed E-state index contributed by atoms with van der Waals surface area (Å²) in [5.41, 5.74) is -1.20. The lowest BCUT2D eigenvalue weighted by Gasteiger charge is -2.24. The van der Waals surface area contributed by atoms with Gasteiger partial charge >= 0.3 is 6.18 Å². The highest BCUT2D eigenvalue weighted by molar-refractivity contribution is 5.92. The van der Waals surface area contributed by atoms with Crippen molar-refractivity contribution in [1.82, 2.24) is 14.7 Å². The van der Waals surface area contributed by atoms with Gasteiger partial charge in [0.05, 0.1) is 11.3 Å². The molecule has 1 aliphatic carbocycles. The third-order valence-electron chi connectivity index (χ3n) is 4.96. The van der Waals surface area contributed by atoms with E-state index in [1.54, 1.807) is 14.0 Å². The van der Waals surface area contributed by atoms with Crippen molar-refractivity contribution in [1.29, 1.82) is 0 Å². The fourth-order valence-corrected chi connectivity index (χ4v) is 3.02. The average Bonchev–Trinajstić information content (AvgIpc) is 3.44. The first kappa shape index (κ1) is 19.1. The minimum atomic E-state index is -4.50. The van der Waals surface area contributed by atoms with Crippen molar-refractivity contribution < 1.29 is 18.0 Å². The van der Waals surface area contributed by atoms with E-state index in [0.29, 0.717) is 11.6 Å². The van der Waals surface area contributed by atoms with Crippen molar-refractivity contribution in [3.63, 3.8) is 0 Å². The van der Waals surface area contributed by atoms with Gasteiger partial charge in [0, 0.05) is 24.8 Å². The summed E-state index contributed by atoms with van der Waals surface area (Å²) in [7, 11) is 1.61. The van der Waals surface area contributed by atoms with E-state index in [0.717, 1.165) is 25.0 Å². The normalized spacial score (nSPS) is 15.5. The molecule has 0 saturated heterocycles. The summed E-state index contributed by atoms with van der Waals surface area (Å²) in [6, 6.07) is 5.80. The Morgan fingerprint density at radius 1 is 1.30 bits per heavy atom. The molecular weight excluding hydrogens is 359 g/mol. The van der Waals surface area contributed by atoms with Crippen LogP contribution in [-0.4, -0.2) is 33.7 Å². The Labute approximate surface area is 154 Å². The Balaban J connectivity index is 2.02. The largest absolute Gasteiger partial charge is 0.416 e. The van der Waals surface area contributed by atoms with E-state index in [1.807, 2.05) is 6.92 Å². The highest BCUT2D eigenvalue weighted by Gasteiger charge is 2.34. The average molecular weight is 379 g/mol. The number of halogens is 3. The smallest absolute Gasteiger partial charge is 0.337 e. The number of hydrogen-bond donors (Lipinski definition) is 0. The Hall–Kier alpha value is -2.64. The summed E-state index contributed by atoms with van der Waals surface area (Å²) in [4.78, 5) is 26.5. The fraction of sp³-hybridized carbons (Fsp3) is 0.421. The molecule has 144 valence electrons. The number of benzene rings is 1. The monoisotopic (exact) mass is 379 g/mol. The van der Waals surface area contributed by atoms with Crippen molar-refractivity contribution in [2.45, 2.75) is 38.9 Å². The minimum Gasteiger partial charge on any atom is -0.337 e. The van der Waals surface area contributed by atoms with E-state index in [1.165, 1.54) is 27.8 Å². The molecule has 0 N–H and O–H groups in total. The van der Waals surface area contributed by atoms with E-state index in [9.17, 15) is 22.8 Å². The summed E-state index contributed by atoms with van der Waals surface area (Å²) < 4.78 is 40.2. The molecule has 0 radical (unpaired) electrons. The Morgan fingerprint density at radius 2 is 1.96 bits per heavy atom. The topological polar surface area (TPSA) is 55.2 Å². The molecule has 3 rings (SSSR count). The summed E-state index contributed by atoms with van der Waals surface area (Å²) in [5.74, 6) is -0.116. The van der Waals surface area contributed by atoms with Crippen LogP contribution in [0.5, 0.6) is 0 Å². The van der Waals surface area contributed by atoms with Gasteiger partial charge in [-0.3, -0.25) is 9.59 Å². The molecule has 0 bridgehead atoms. The molecule has 27 heavy (non-hydrogen) atoms. The van der Waals surface area contributed by atoms with Crippen molar-refractivity contribution in [3.05, 3.63) is 57.5 Å². The molecule has 8 heteroatoms. The first-order chi connectivity index (χ1) is 12.6. The van der Waals surface area contributed by atoms with E-state index < -0.39 is 23.1 Å². The number of rotatable bonds is 4. The predicted molar refractivity (Wildman–Crippen MR) is 93.9 cm³/mol. The van der Waals surface area contributed by atoms with Crippen molar-refractivity contribution in [2.24, 2.45) is 5.92 Å². The molecular formula is C19H20F3N3O2. The lowest BCUT2D eigenvalue weighted by Crippen LogP contribution is -2.40. The molecule has 1 amide bonds. The number of amides is 1. The molecule has 1 atom stereocenters. The first-order valence-corrected chi connectivity index (χ1v) is 8.65. The highest BCUT2D eigenvalue weighted by Crippen LogP contribution is 2.35. The second kappa shape index (κ2) is 6.83. The van der Waals surface area contributed by atoms with Crippen molar-refractivity contribution in [2.75, 3.05) is 7.05 Å². The van der Waals surface area contributed by atoms with E-state index in [2.05, 4.69) is 5.10 Å². The van der Waals surface area contributed by atoms with Crippen molar-refractivity contribution >= 4 is 5.91 Å². The van der Waals surface area contributed by atoms with Crippen LogP contribution in [0.2, 0.25) is 0 Å². The van der Waals surface area contributed by atoms with Crippen LogP contribution < -0.4 is 5.43 Å². The van der Waals surface area contributed by atoms with Crippen LogP contribution in [0.3, 0.4) is 0 Å². The zero-order valence-electron chi connectivity index (χ0n) is 15.2. The lowest BCUT2D eigenvalue weighted by molar-refractivity contribution is -0.137. The van der Waals surface area contributed by atoms with E-state index in [4.69, 9.17) is 0 Å². The second-order valence-corrected chi connectivity index (χ2v) is 6.95. The minimum absolute atomic E-state index is 0.0259. The van der Waals surface area contributed by atoms with E-state index >= 15 is 0 Å². The molecule has 1 aromatic heterocycles. The Morgan fingerprint density at radius 3 is 2.56 bits per heavy atom. The van der Waals surface area contributed by atoms with Crippen molar-refractivity contribution in [3.8, 4) is 5.69 Å². The predicted octanol–water partition coefficient (Wildman–Crippen LogP) is 3.43. The molecule has 0 spiro atoms. The maximum Gasteiger partial charge on any atom is 0.416 e. The number of carbonyl (C=O) groups excluding carboxylic acids is 1. The Bertz CT molecular complexity index is 933. The highest BCUT2D eigenvalue weighted by atomic mass is 19.4. The number of hydrogen-bond acceptors (Lipinski definition) is 3.